The van der Waals surface area contributed by atoms with Crippen LogP contribution in [0.1, 0.15) is 97.2 Å². The molecular formula is C62H49NS. The van der Waals surface area contributed by atoms with Gasteiger partial charge in [-0.15, -0.1) is 0 Å². The van der Waals surface area contributed by atoms with Gasteiger partial charge in [0.25, 0.3) is 0 Å². The number of hydrogen-bond acceptors (Lipinski definition) is 2. The van der Waals surface area contributed by atoms with Crippen LogP contribution < -0.4 is 4.90 Å². The molecular weight excluding hydrogens is 791 g/mol. The fourth-order valence-electron chi connectivity index (χ4n) is 12.6. The van der Waals surface area contributed by atoms with E-state index in [9.17, 15) is 0 Å². The van der Waals surface area contributed by atoms with Gasteiger partial charge in [-0.25, -0.2) is 0 Å². The monoisotopic (exact) mass is 839 g/mol. The van der Waals surface area contributed by atoms with Crippen LogP contribution in [0.3, 0.4) is 0 Å². The lowest BCUT2D eigenvalue weighted by molar-refractivity contribution is 0.550. The molecule has 308 valence electrons. The second kappa shape index (κ2) is 13.0. The minimum atomic E-state index is -0.562. The molecule has 64 heavy (non-hydrogen) atoms. The lowest BCUT2D eigenvalue weighted by atomic mass is 9.54. The number of benzene rings is 9. The molecule has 9 aromatic carbocycles. The van der Waals surface area contributed by atoms with Gasteiger partial charge in [0.1, 0.15) is 0 Å². The Morgan fingerprint density at radius 2 is 0.766 bits per heavy atom. The summed E-state index contributed by atoms with van der Waals surface area (Å²) in [7, 11) is 0. The molecule has 0 saturated heterocycles. The molecule has 0 N–H and O–H groups in total. The van der Waals surface area contributed by atoms with Crippen LogP contribution in [0.15, 0.2) is 198 Å². The molecule has 0 fully saturated rings. The second-order valence-corrected chi connectivity index (χ2v) is 21.1. The van der Waals surface area contributed by atoms with Crippen LogP contribution >= 0.6 is 11.8 Å². The third-order valence-corrected chi connectivity index (χ3v) is 17.0. The maximum atomic E-state index is 2.58. The molecule has 1 nitrogen and oxygen atoms in total. The minimum Gasteiger partial charge on any atom is -0.310 e. The van der Waals surface area contributed by atoms with E-state index in [0.717, 1.165) is 5.69 Å². The SMILES string of the molecule is CC1(C)c2ccccc2-c2ccc(N(c3ccc4c(c3)C(C)(C)c3ccccc3-4)c3ccc4c(c3)C3(c5ccccc5Sc5c3ccc3ccccc53)c3ccccc3C4(C)C)cc21. The van der Waals surface area contributed by atoms with E-state index in [2.05, 4.69) is 234 Å². The summed E-state index contributed by atoms with van der Waals surface area (Å²) in [6.45, 7) is 14.4. The number of anilines is 3. The molecule has 1 atom stereocenters. The second-order valence-electron chi connectivity index (χ2n) is 20.0. The molecule has 3 aliphatic carbocycles. The van der Waals surface area contributed by atoms with Gasteiger partial charge in [-0.1, -0.05) is 199 Å². The Labute approximate surface area is 381 Å². The van der Waals surface area contributed by atoms with Gasteiger partial charge in [-0.2, -0.15) is 0 Å². The van der Waals surface area contributed by atoms with E-state index in [-0.39, 0.29) is 16.2 Å². The molecule has 2 heteroatoms. The van der Waals surface area contributed by atoms with Crippen molar-refractivity contribution in [1.82, 2.24) is 0 Å². The highest BCUT2D eigenvalue weighted by molar-refractivity contribution is 7.99. The van der Waals surface area contributed by atoms with Crippen molar-refractivity contribution in [2.75, 3.05) is 4.90 Å². The van der Waals surface area contributed by atoms with E-state index in [1.54, 1.807) is 0 Å². The van der Waals surface area contributed by atoms with Crippen LogP contribution in [0.25, 0.3) is 33.0 Å². The largest absolute Gasteiger partial charge is 0.310 e. The molecule has 0 radical (unpaired) electrons. The number of fused-ring (bicyclic) bond motifs is 16. The van der Waals surface area contributed by atoms with Crippen molar-refractivity contribution in [2.24, 2.45) is 0 Å². The third kappa shape index (κ3) is 4.82. The molecule has 1 spiro atoms. The molecule has 0 bridgehead atoms. The smallest absolute Gasteiger partial charge is 0.0730 e. The summed E-state index contributed by atoms with van der Waals surface area (Å²) < 4.78 is 0. The summed E-state index contributed by atoms with van der Waals surface area (Å²) in [4.78, 5) is 5.22. The zero-order valence-corrected chi connectivity index (χ0v) is 38.1. The first-order valence-electron chi connectivity index (χ1n) is 22.8. The van der Waals surface area contributed by atoms with Crippen LogP contribution in [-0.2, 0) is 21.7 Å². The summed E-state index contributed by atoms with van der Waals surface area (Å²) in [6.07, 6.45) is 0. The van der Waals surface area contributed by atoms with E-state index < -0.39 is 5.41 Å². The van der Waals surface area contributed by atoms with Crippen molar-refractivity contribution in [3.8, 4) is 22.3 Å². The zero-order valence-electron chi connectivity index (χ0n) is 37.3. The van der Waals surface area contributed by atoms with Crippen molar-refractivity contribution in [3.63, 3.8) is 0 Å². The number of rotatable bonds is 3. The van der Waals surface area contributed by atoms with Crippen LogP contribution in [-0.4, -0.2) is 0 Å². The molecule has 9 aromatic rings. The molecule has 0 aromatic heterocycles. The van der Waals surface area contributed by atoms with Crippen LogP contribution in [0.2, 0.25) is 0 Å². The Kier molecular flexibility index (Phi) is 7.69. The maximum absolute atomic E-state index is 2.58. The molecule has 4 aliphatic rings. The van der Waals surface area contributed by atoms with E-state index in [0.29, 0.717) is 0 Å². The summed E-state index contributed by atoms with van der Waals surface area (Å²) in [6, 6.07) is 72.2. The predicted octanol–water partition coefficient (Wildman–Crippen LogP) is 16.4. The van der Waals surface area contributed by atoms with E-state index in [1.165, 1.54) is 110 Å². The van der Waals surface area contributed by atoms with Gasteiger partial charge >= 0.3 is 0 Å². The zero-order chi connectivity index (χ0) is 43.3. The standard InChI is InChI=1S/C62H49NS/c1-59(2)47-21-11-9-19-43(47)45-31-28-39(35-54(45)59)63(40-29-32-46-44-20-10-12-22-48(44)60(3,4)55(46)36-40)41-30-34-50-56(37-41)62(51-24-14-13-23-49(51)61(50,5)6)52-25-15-16-26-57(52)64-58-42-18-8-7-17-38(42)27-33-53(58)62/h7-37H,1-6H3. The lowest BCUT2D eigenvalue weighted by Gasteiger charge is -2.50. The topological polar surface area (TPSA) is 3.24 Å². The quantitative estimate of drug-likeness (QED) is 0.174. The van der Waals surface area contributed by atoms with Gasteiger partial charge in [0.05, 0.1) is 5.41 Å². The minimum absolute atomic E-state index is 0.140. The summed E-state index contributed by atoms with van der Waals surface area (Å²) in [5.41, 5.74) is 21.5. The highest BCUT2D eigenvalue weighted by Gasteiger charge is 2.53. The van der Waals surface area contributed by atoms with Crippen molar-refractivity contribution >= 4 is 39.6 Å². The highest BCUT2D eigenvalue weighted by atomic mass is 32.2. The van der Waals surface area contributed by atoms with Crippen molar-refractivity contribution in [3.05, 3.63) is 244 Å². The molecule has 1 heterocycles. The third-order valence-electron chi connectivity index (χ3n) is 15.8. The lowest BCUT2D eigenvalue weighted by Crippen LogP contribution is -2.43. The fourth-order valence-corrected chi connectivity index (χ4v) is 14.0. The summed E-state index contributed by atoms with van der Waals surface area (Å²) in [5, 5.41) is 2.58. The van der Waals surface area contributed by atoms with E-state index in [1.807, 2.05) is 11.8 Å². The predicted molar refractivity (Wildman–Crippen MR) is 268 cm³/mol. The summed E-state index contributed by atoms with van der Waals surface area (Å²) in [5.74, 6) is 0. The average molecular weight is 840 g/mol. The molecule has 13 rings (SSSR count). The van der Waals surface area contributed by atoms with Crippen LogP contribution in [0.5, 0.6) is 0 Å². The Balaban J connectivity index is 1.11. The van der Waals surface area contributed by atoms with E-state index in [4.69, 9.17) is 0 Å². The Morgan fingerprint density at radius 3 is 1.41 bits per heavy atom. The number of hydrogen-bond donors (Lipinski definition) is 0. The highest BCUT2D eigenvalue weighted by Crippen LogP contribution is 2.63. The summed E-state index contributed by atoms with van der Waals surface area (Å²) >= 11 is 1.93. The molecule has 0 saturated carbocycles. The Bertz CT molecular complexity index is 3370. The van der Waals surface area contributed by atoms with Gasteiger partial charge < -0.3 is 4.90 Å². The van der Waals surface area contributed by atoms with Crippen LogP contribution in [0.4, 0.5) is 17.1 Å². The molecule has 1 aliphatic heterocycles. The van der Waals surface area contributed by atoms with Crippen LogP contribution in [0, 0.1) is 0 Å². The first kappa shape index (κ1) is 37.9. The fraction of sp³-hybridized carbons (Fsp3) is 0.161. The average Bonchev–Trinajstić information content (AvgIpc) is 3.69. The van der Waals surface area contributed by atoms with Crippen molar-refractivity contribution in [2.45, 2.75) is 73.0 Å². The first-order valence-corrected chi connectivity index (χ1v) is 23.7. The van der Waals surface area contributed by atoms with Gasteiger partial charge in [-0.3, -0.25) is 0 Å². The van der Waals surface area contributed by atoms with E-state index >= 15 is 0 Å². The normalized spacial score (nSPS) is 18.2. The van der Waals surface area contributed by atoms with Gasteiger partial charge in [-0.05, 0) is 131 Å². The Morgan fingerprint density at radius 1 is 0.328 bits per heavy atom. The van der Waals surface area contributed by atoms with Crippen molar-refractivity contribution in [1.29, 1.82) is 0 Å². The molecule has 1 unspecified atom stereocenters. The molecule has 0 amide bonds. The van der Waals surface area contributed by atoms with Gasteiger partial charge in [0, 0.05) is 43.1 Å². The first-order chi connectivity index (χ1) is 31.0. The number of nitrogens with zero attached hydrogens (tertiary/aromatic N) is 1. The Hall–Kier alpha value is -6.61. The van der Waals surface area contributed by atoms with Gasteiger partial charge in [0.2, 0.25) is 0 Å². The van der Waals surface area contributed by atoms with Crippen molar-refractivity contribution < 1.29 is 0 Å². The van der Waals surface area contributed by atoms with Gasteiger partial charge in [0.15, 0.2) is 0 Å². The maximum Gasteiger partial charge on any atom is 0.0730 e.